The Balaban J connectivity index is 2.44. The molecule has 2 amide bonds. The summed E-state index contributed by atoms with van der Waals surface area (Å²) in [6.07, 6.45) is 0. The van der Waals surface area contributed by atoms with E-state index < -0.39 is 0 Å². The van der Waals surface area contributed by atoms with Crippen LogP contribution in [0.1, 0.15) is 19.4 Å². The first-order chi connectivity index (χ1) is 7.08. The number of hydrogen-bond acceptors (Lipinski definition) is 1. The van der Waals surface area contributed by atoms with Gasteiger partial charge in [-0.3, -0.25) is 0 Å². The number of urea groups is 1. The van der Waals surface area contributed by atoms with Crippen LogP contribution < -0.4 is 10.6 Å². The minimum atomic E-state index is -0.144. The molecule has 0 saturated heterocycles. The summed E-state index contributed by atoms with van der Waals surface area (Å²) in [4.78, 5) is 11.4. The smallest absolute Gasteiger partial charge is 0.319 e. The molecule has 3 nitrogen and oxygen atoms in total. The summed E-state index contributed by atoms with van der Waals surface area (Å²) in [5.74, 6) is 0.466. The summed E-state index contributed by atoms with van der Waals surface area (Å²) in [6.45, 7) is 6.81. The number of rotatable bonds is 3. The van der Waals surface area contributed by atoms with Crippen molar-refractivity contribution in [1.82, 2.24) is 5.32 Å². The molecule has 0 saturated carbocycles. The van der Waals surface area contributed by atoms with Gasteiger partial charge in [-0.1, -0.05) is 26.0 Å². The van der Waals surface area contributed by atoms with Gasteiger partial charge in [0, 0.05) is 12.2 Å². The molecule has 0 aromatic heterocycles. The first-order valence-electron chi connectivity index (χ1n) is 5.19. The molecule has 15 heavy (non-hydrogen) atoms. The molecular formula is C12H18N2O. The lowest BCUT2D eigenvalue weighted by molar-refractivity contribution is 0.251. The lowest BCUT2D eigenvalue weighted by atomic mass is 10.2. The van der Waals surface area contributed by atoms with Crippen molar-refractivity contribution >= 4 is 11.7 Å². The van der Waals surface area contributed by atoms with Crippen LogP contribution in [-0.4, -0.2) is 12.6 Å². The number of anilines is 1. The van der Waals surface area contributed by atoms with Crippen molar-refractivity contribution in [2.75, 3.05) is 11.9 Å². The molecule has 0 aliphatic carbocycles. The summed E-state index contributed by atoms with van der Waals surface area (Å²) < 4.78 is 0. The fourth-order valence-corrected chi connectivity index (χ4v) is 1.19. The summed E-state index contributed by atoms with van der Waals surface area (Å²) in [7, 11) is 0. The molecule has 0 aliphatic rings. The molecule has 0 unspecified atom stereocenters. The highest BCUT2D eigenvalue weighted by Gasteiger charge is 2.01. The number of carbonyl (C=O) groups is 1. The molecule has 1 aromatic carbocycles. The molecule has 0 radical (unpaired) electrons. The molecule has 0 heterocycles. The van der Waals surface area contributed by atoms with Gasteiger partial charge >= 0.3 is 6.03 Å². The van der Waals surface area contributed by atoms with Crippen molar-refractivity contribution < 1.29 is 4.79 Å². The maximum atomic E-state index is 11.4. The third-order valence-electron chi connectivity index (χ3n) is 1.95. The largest absolute Gasteiger partial charge is 0.338 e. The van der Waals surface area contributed by atoms with E-state index in [9.17, 15) is 4.79 Å². The molecule has 3 heteroatoms. The van der Waals surface area contributed by atoms with E-state index in [-0.39, 0.29) is 6.03 Å². The monoisotopic (exact) mass is 206 g/mol. The molecule has 0 spiro atoms. The Hall–Kier alpha value is -1.51. The molecular weight excluding hydrogens is 188 g/mol. The second kappa shape index (κ2) is 5.39. The predicted molar refractivity (Wildman–Crippen MR) is 63.0 cm³/mol. The Kier molecular flexibility index (Phi) is 4.16. The van der Waals surface area contributed by atoms with Crippen LogP contribution in [0.15, 0.2) is 24.3 Å². The summed E-state index contributed by atoms with van der Waals surface area (Å²) in [6, 6.07) is 7.59. The number of hydrogen-bond donors (Lipinski definition) is 2. The highest BCUT2D eigenvalue weighted by molar-refractivity contribution is 5.89. The van der Waals surface area contributed by atoms with Gasteiger partial charge in [-0.2, -0.15) is 0 Å². The van der Waals surface area contributed by atoms with Gasteiger partial charge in [-0.05, 0) is 30.5 Å². The molecule has 1 rings (SSSR count). The Morgan fingerprint density at radius 2 is 2.13 bits per heavy atom. The number of carbonyl (C=O) groups excluding carboxylic acids is 1. The van der Waals surface area contributed by atoms with Crippen molar-refractivity contribution in [3.8, 4) is 0 Å². The van der Waals surface area contributed by atoms with E-state index in [1.54, 1.807) is 0 Å². The van der Waals surface area contributed by atoms with E-state index in [4.69, 9.17) is 0 Å². The second-order valence-electron chi connectivity index (χ2n) is 4.10. The number of benzene rings is 1. The van der Waals surface area contributed by atoms with E-state index in [1.165, 1.54) is 0 Å². The molecule has 0 atom stereocenters. The SMILES string of the molecule is Cc1cccc(NC(=O)NCC(C)C)c1. The van der Waals surface area contributed by atoms with E-state index in [1.807, 2.05) is 31.2 Å². The molecule has 2 N–H and O–H groups in total. The Morgan fingerprint density at radius 1 is 1.40 bits per heavy atom. The van der Waals surface area contributed by atoms with Gasteiger partial charge in [0.15, 0.2) is 0 Å². The summed E-state index contributed by atoms with van der Waals surface area (Å²) in [5, 5.41) is 5.59. The molecule has 0 aliphatic heterocycles. The van der Waals surface area contributed by atoms with E-state index in [0.29, 0.717) is 12.5 Å². The van der Waals surface area contributed by atoms with Crippen LogP contribution in [0, 0.1) is 12.8 Å². The highest BCUT2D eigenvalue weighted by atomic mass is 16.2. The third-order valence-corrected chi connectivity index (χ3v) is 1.95. The zero-order chi connectivity index (χ0) is 11.3. The van der Waals surface area contributed by atoms with Gasteiger partial charge in [0.25, 0.3) is 0 Å². The van der Waals surface area contributed by atoms with E-state index in [2.05, 4.69) is 24.5 Å². The minimum absolute atomic E-state index is 0.144. The fourth-order valence-electron chi connectivity index (χ4n) is 1.19. The maximum absolute atomic E-state index is 11.4. The topological polar surface area (TPSA) is 41.1 Å². The molecule has 0 bridgehead atoms. The standard InChI is InChI=1S/C12H18N2O/c1-9(2)8-13-12(15)14-11-6-4-5-10(3)7-11/h4-7,9H,8H2,1-3H3,(H2,13,14,15). The Bertz CT molecular complexity index is 334. The molecule has 0 fully saturated rings. The normalized spacial score (nSPS) is 10.1. The first-order valence-corrected chi connectivity index (χ1v) is 5.19. The highest BCUT2D eigenvalue weighted by Crippen LogP contribution is 2.08. The van der Waals surface area contributed by atoms with Crippen LogP contribution in [0.25, 0.3) is 0 Å². The molecule has 82 valence electrons. The van der Waals surface area contributed by atoms with Gasteiger partial charge in [0.2, 0.25) is 0 Å². The van der Waals surface area contributed by atoms with Crippen molar-refractivity contribution in [3.63, 3.8) is 0 Å². The molecule has 1 aromatic rings. The van der Waals surface area contributed by atoms with Crippen molar-refractivity contribution in [2.24, 2.45) is 5.92 Å². The van der Waals surface area contributed by atoms with Crippen LogP contribution in [-0.2, 0) is 0 Å². The van der Waals surface area contributed by atoms with Crippen LogP contribution in [0.3, 0.4) is 0 Å². The van der Waals surface area contributed by atoms with Gasteiger partial charge in [-0.15, -0.1) is 0 Å². The van der Waals surface area contributed by atoms with E-state index in [0.717, 1.165) is 11.3 Å². The number of amides is 2. The number of aryl methyl sites for hydroxylation is 1. The average molecular weight is 206 g/mol. The maximum Gasteiger partial charge on any atom is 0.319 e. The summed E-state index contributed by atoms with van der Waals surface area (Å²) >= 11 is 0. The zero-order valence-corrected chi connectivity index (χ0v) is 9.50. The lowest BCUT2D eigenvalue weighted by Crippen LogP contribution is -2.31. The lowest BCUT2D eigenvalue weighted by Gasteiger charge is -2.09. The quantitative estimate of drug-likeness (QED) is 0.784. The average Bonchev–Trinajstić information content (AvgIpc) is 2.15. The van der Waals surface area contributed by atoms with Crippen molar-refractivity contribution in [3.05, 3.63) is 29.8 Å². The van der Waals surface area contributed by atoms with Gasteiger partial charge < -0.3 is 10.6 Å². The van der Waals surface area contributed by atoms with Crippen molar-refractivity contribution in [1.29, 1.82) is 0 Å². The van der Waals surface area contributed by atoms with Gasteiger partial charge in [0.05, 0.1) is 0 Å². The minimum Gasteiger partial charge on any atom is -0.338 e. The Morgan fingerprint density at radius 3 is 2.73 bits per heavy atom. The van der Waals surface area contributed by atoms with Crippen LogP contribution in [0.2, 0.25) is 0 Å². The predicted octanol–water partition coefficient (Wildman–Crippen LogP) is 2.77. The summed E-state index contributed by atoms with van der Waals surface area (Å²) in [5.41, 5.74) is 1.97. The fraction of sp³-hybridized carbons (Fsp3) is 0.417. The van der Waals surface area contributed by atoms with Crippen LogP contribution in [0.4, 0.5) is 10.5 Å². The van der Waals surface area contributed by atoms with Gasteiger partial charge in [0.1, 0.15) is 0 Å². The third kappa shape index (κ3) is 4.49. The zero-order valence-electron chi connectivity index (χ0n) is 9.50. The van der Waals surface area contributed by atoms with E-state index >= 15 is 0 Å². The van der Waals surface area contributed by atoms with Crippen LogP contribution in [0.5, 0.6) is 0 Å². The van der Waals surface area contributed by atoms with Crippen LogP contribution >= 0.6 is 0 Å². The van der Waals surface area contributed by atoms with Crippen molar-refractivity contribution in [2.45, 2.75) is 20.8 Å². The Labute approximate surface area is 90.9 Å². The number of nitrogens with one attached hydrogen (secondary N) is 2. The first kappa shape index (κ1) is 11.6. The van der Waals surface area contributed by atoms with Gasteiger partial charge in [-0.25, -0.2) is 4.79 Å². The second-order valence-corrected chi connectivity index (χ2v) is 4.10.